The van der Waals surface area contributed by atoms with E-state index < -0.39 is 0 Å². The molecular weight excluding hydrogens is 200 g/mol. The number of rotatable bonds is 5. The number of carbonyl (C=O) groups is 1. The predicted octanol–water partition coefficient (Wildman–Crippen LogP) is 1.38. The topological polar surface area (TPSA) is 65.2 Å². The van der Waals surface area contributed by atoms with Crippen LogP contribution in [0.25, 0.3) is 0 Å². The third kappa shape index (κ3) is 2.87. The molecule has 1 aromatic heterocycles. The van der Waals surface area contributed by atoms with Crippen molar-refractivity contribution >= 4 is 17.1 Å². The number of ether oxygens (including phenoxy) is 1. The van der Waals surface area contributed by atoms with E-state index in [1.165, 1.54) is 11.3 Å². The van der Waals surface area contributed by atoms with Crippen molar-refractivity contribution in [2.75, 3.05) is 13.2 Å². The van der Waals surface area contributed by atoms with Crippen LogP contribution in [0.5, 0.6) is 0 Å². The van der Waals surface area contributed by atoms with Crippen LogP contribution in [0.1, 0.15) is 35.4 Å². The molecule has 1 rings (SSSR count). The van der Waals surface area contributed by atoms with Crippen LogP contribution in [0.2, 0.25) is 0 Å². The van der Waals surface area contributed by atoms with E-state index in [9.17, 15) is 4.79 Å². The monoisotopic (exact) mass is 214 g/mol. The van der Waals surface area contributed by atoms with Gasteiger partial charge in [-0.25, -0.2) is 4.98 Å². The van der Waals surface area contributed by atoms with E-state index in [1.54, 1.807) is 5.38 Å². The minimum atomic E-state index is -0.117. The molecule has 0 aliphatic carbocycles. The smallest absolute Gasteiger partial charge is 0.207 e. The molecule has 2 N–H and O–H groups in total. The maximum Gasteiger partial charge on any atom is 0.207 e. The van der Waals surface area contributed by atoms with E-state index in [1.807, 2.05) is 13.8 Å². The summed E-state index contributed by atoms with van der Waals surface area (Å²) in [4.78, 5) is 15.5. The van der Waals surface area contributed by atoms with Gasteiger partial charge in [0.2, 0.25) is 5.78 Å². The van der Waals surface area contributed by atoms with Crippen molar-refractivity contribution in [3.8, 4) is 0 Å². The average molecular weight is 214 g/mol. The lowest BCUT2D eigenvalue weighted by Gasteiger charge is -1.98. The van der Waals surface area contributed by atoms with E-state index in [2.05, 4.69) is 4.98 Å². The van der Waals surface area contributed by atoms with Gasteiger partial charge in [0.25, 0.3) is 0 Å². The molecule has 4 nitrogen and oxygen atoms in total. The lowest BCUT2D eigenvalue weighted by Crippen LogP contribution is -2.10. The summed E-state index contributed by atoms with van der Waals surface area (Å²) < 4.78 is 5.00. The van der Waals surface area contributed by atoms with Gasteiger partial charge in [-0.3, -0.25) is 4.79 Å². The van der Waals surface area contributed by atoms with Crippen LogP contribution < -0.4 is 5.73 Å². The van der Waals surface area contributed by atoms with Gasteiger partial charge in [-0.1, -0.05) is 0 Å². The Hall–Kier alpha value is -0.780. The predicted molar refractivity (Wildman–Crippen MR) is 55.5 cm³/mol. The number of nitrogens with two attached hydrogens (primary N) is 1. The highest BCUT2D eigenvalue weighted by molar-refractivity contribution is 7.09. The summed E-state index contributed by atoms with van der Waals surface area (Å²) in [7, 11) is 0. The first-order valence-corrected chi connectivity index (χ1v) is 5.35. The van der Waals surface area contributed by atoms with Crippen molar-refractivity contribution in [2.24, 2.45) is 5.73 Å². The normalized spacial score (nSPS) is 12.8. The quantitative estimate of drug-likeness (QED) is 0.752. The minimum absolute atomic E-state index is 0.0880. The Morgan fingerprint density at radius 1 is 1.79 bits per heavy atom. The number of hydrogen-bond acceptors (Lipinski definition) is 5. The number of thiazole rings is 1. The van der Waals surface area contributed by atoms with E-state index in [0.29, 0.717) is 12.3 Å². The van der Waals surface area contributed by atoms with Crippen molar-refractivity contribution in [2.45, 2.75) is 19.9 Å². The lowest BCUT2D eigenvalue weighted by molar-refractivity contribution is 0.0779. The molecule has 0 aromatic carbocycles. The molecule has 0 fully saturated rings. The molecule has 14 heavy (non-hydrogen) atoms. The first-order chi connectivity index (χ1) is 6.65. The first kappa shape index (κ1) is 11.3. The Morgan fingerprint density at radius 2 is 2.50 bits per heavy atom. The summed E-state index contributed by atoms with van der Waals surface area (Å²) in [5, 5.41) is 2.50. The van der Waals surface area contributed by atoms with Gasteiger partial charge in [0.15, 0.2) is 0 Å². The van der Waals surface area contributed by atoms with Gasteiger partial charge in [-0.2, -0.15) is 0 Å². The molecule has 0 spiro atoms. The fourth-order valence-corrected chi connectivity index (χ4v) is 1.68. The van der Waals surface area contributed by atoms with Crippen molar-refractivity contribution in [1.29, 1.82) is 0 Å². The molecule has 0 bridgehead atoms. The van der Waals surface area contributed by atoms with Crippen LogP contribution >= 0.6 is 11.3 Å². The van der Waals surface area contributed by atoms with Gasteiger partial charge >= 0.3 is 0 Å². The van der Waals surface area contributed by atoms with Crippen LogP contribution in [0, 0.1) is 0 Å². The molecule has 0 saturated heterocycles. The Bertz CT molecular complexity index is 310. The van der Waals surface area contributed by atoms with Crippen LogP contribution in [0.3, 0.4) is 0 Å². The highest BCUT2D eigenvalue weighted by Crippen LogP contribution is 2.16. The van der Waals surface area contributed by atoms with Crippen molar-refractivity contribution in [1.82, 2.24) is 4.98 Å². The molecule has 0 amide bonds. The highest BCUT2D eigenvalue weighted by Gasteiger charge is 2.12. The summed E-state index contributed by atoms with van der Waals surface area (Å²) >= 11 is 1.41. The van der Waals surface area contributed by atoms with Crippen LogP contribution in [-0.4, -0.2) is 24.0 Å². The summed E-state index contributed by atoms with van der Waals surface area (Å²) in [6.45, 7) is 4.33. The lowest BCUT2D eigenvalue weighted by atomic mass is 10.3. The van der Waals surface area contributed by atoms with E-state index in [0.717, 1.165) is 5.01 Å². The fraction of sp³-hybridized carbons (Fsp3) is 0.556. The SMILES string of the molecule is CCOCC(=O)c1csc(C(C)N)n1. The zero-order valence-corrected chi connectivity index (χ0v) is 9.13. The van der Waals surface area contributed by atoms with Crippen molar-refractivity contribution in [3.63, 3.8) is 0 Å². The van der Waals surface area contributed by atoms with Crippen LogP contribution in [0.4, 0.5) is 0 Å². The Labute approximate surface area is 87.1 Å². The Balaban J connectivity index is 2.62. The number of ketones is 1. The molecule has 0 aliphatic rings. The molecular formula is C9H14N2O2S. The average Bonchev–Trinajstić information content (AvgIpc) is 2.62. The van der Waals surface area contributed by atoms with E-state index >= 15 is 0 Å². The largest absolute Gasteiger partial charge is 0.374 e. The number of nitrogens with zero attached hydrogens (tertiary/aromatic N) is 1. The second-order valence-corrected chi connectivity index (χ2v) is 3.81. The summed E-state index contributed by atoms with van der Waals surface area (Å²) in [6, 6.07) is -0.117. The second-order valence-electron chi connectivity index (χ2n) is 2.92. The Kier molecular flexibility index (Phi) is 4.19. The molecule has 5 heteroatoms. The fourth-order valence-electron chi connectivity index (χ4n) is 0.894. The number of carbonyl (C=O) groups excluding carboxylic acids is 1. The molecule has 0 radical (unpaired) electrons. The Morgan fingerprint density at radius 3 is 3.00 bits per heavy atom. The summed E-state index contributed by atoms with van der Waals surface area (Å²) in [5.41, 5.74) is 6.09. The molecule has 1 aromatic rings. The summed E-state index contributed by atoms with van der Waals surface area (Å²) in [6.07, 6.45) is 0. The van der Waals surface area contributed by atoms with E-state index in [-0.39, 0.29) is 18.4 Å². The second kappa shape index (κ2) is 5.19. The van der Waals surface area contributed by atoms with Gasteiger partial charge in [-0.05, 0) is 13.8 Å². The van der Waals surface area contributed by atoms with Crippen molar-refractivity contribution < 1.29 is 9.53 Å². The molecule has 1 unspecified atom stereocenters. The number of Topliss-reactive ketones (excluding diaryl/α,β-unsaturated/α-hetero) is 1. The maximum absolute atomic E-state index is 11.4. The molecule has 78 valence electrons. The van der Waals surface area contributed by atoms with Gasteiger partial charge in [0, 0.05) is 12.0 Å². The van der Waals surface area contributed by atoms with Gasteiger partial charge in [0.05, 0.1) is 6.04 Å². The number of aromatic nitrogens is 1. The zero-order chi connectivity index (χ0) is 10.6. The standard InChI is InChI=1S/C9H14N2O2S/c1-3-13-4-8(12)7-5-14-9(11-7)6(2)10/h5-6H,3-4,10H2,1-2H3. The molecule has 1 atom stereocenters. The first-order valence-electron chi connectivity index (χ1n) is 4.47. The van der Waals surface area contributed by atoms with Crippen LogP contribution in [-0.2, 0) is 4.74 Å². The van der Waals surface area contributed by atoms with E-state index in [4.69, 9.17) is 10.5 Å². The zero-order valence-electron chi connectivity index (χ0n) is 8.32. The van der Waals surface area contributed by atoms with Gasteiger partial charge < -0.3 is 10.5 Å². The minimum Gasteiger partial charge on any atom is -0.374 e. The third-order valence-electron chi connectivity index (χ3n) is 1.63. The highest BCUT2D eigenvalue weighted by atomic mass is 32.1. The summed E-state index contributed by atoms with van der Waals surface area (Å²) in [5.74, 6) is -0.0880. The van der Waals surface area contributed by atoms with Gasteiger partial charge in [-0.15, -0.1) is 11.3 Å². The van der Waals surface area contributed by atoms with Gasteiger partial charge in [0.1, 0.15) is 17.3 Å². The number of hydrogen-bond donors (Lipinski definition) is 1. The maximum atomic E-state index is 11.4. The third-order valence-corrected chi connectivity index (χ3v) is 2.68. The molecule has 0 aliphatic heterocycles. The molecule has 1 heterocycles. The van der Waals surface area contributed by atoms with Crippen LogP contribution in [0.15, 0.2) is 5.38 Å². The van der Waals surface area contributed by atoms with Crippen molar-refractivity contribution in [3.05, 3.63) is 16.1 Å². The molecule has 0 saturated carbocycles.